The summed E-state index contributed by atoms with van der Waals surface area (Å²) >= 11 is 0. The Morgan fingerprint density at radius 2 is 0.476 bits per heavy atom. The van der Waals surface area contributed by atoms with E-state index in [9.17, 15) is 14.4 Å². The van der Waals surface area contributed by atoms with Gasteiger partial charge in [0.1, 0.15) is 13.2 Å². The highest BCUT2D eigenvalue weighted by molar-refractivity contribution is 5.71. The number of ether oxygens (including phenoxy) is 3. The fourth-order valence-corrected chi connectivity index (χ4v) is 8.80. The fourth-order valence-electron chi connectivity index (χ4n) is 8.80. The number of carbonyl (C=O) groups excluding carboxylic acids is 3. The van der Waals surface area contributed by atoms with Crippen LogP contribution in [-0.2, 0) is 28.6 Å². The molecule has 0 rings (SSSR count). The Labute approximate surface area is 505 Å². The lowest BCUT2D eigenvalue weighted by atomic mass is 10.1. The van der Waals surface area contributed by atoms with E-state index in [1.54, 1.807) is 0 Å². The molecule has 0 heterocycles. The van der Waals surface area contributed by atoms with Crippen molar-refractivity contribution >= 4 is 17.9 Å². The first-order valence-electron chi connectivity index (χ1n) is 33.5. The first-order valence-corrected chi connectivity index (χ1v) is 33.5. The highest BCUT2D eigenvalue weighted by Gasteiger charge is 2.19. The van der Waals surface area contributed by atoms with E-state index in [0.29, 0.717) is 19.3 Å². The number of hydrogen-bond acceptors (Lipinski definition) is 6. The van der Waals surface area contributed by atoms with Gasteiger partial charge in [-0.05, 0) is 148 Å². The highest BCUT2D eigenvalue weighted by Crippen LogP contribution is 2.15. The minimum absolute atomic E-state index is 0.0995. The van der Waals surface area contributed by atoms with Gasteiger partial charge in [-0.3, -0.25) is 14.4 Å². The highest BCUT2D eigenvalue weighted by atomic mass is 16.6. The second-order valence-electron chi connectivity index (χ2n) is 21.6. The summed E-state index contributed by atoms with van der Waals surface area (Å²) in [7, 11) is 0. The molecule has 0 aliphatic heterocycles. The molecule has 82 heavy (non-hydrogen) atoms. The van der Waals surface area contributed by atoms with E-state index in [-0.39, 0.29) is 31.1 Å². The van der Waals surface area contributed by atoms with Crippen LogP contribution in [0.1, 0.15) is 284 Å². The van der Waals surface area contributed by atoms with Crippen LogP contribution in [0.25, 0.3) is 0 Å². The van der Waals surface area contributed by atoms with Crippen molar-refractivity contribution in [2.24, 2.45) is 0 Å². The largest absolute Gasteiger partial charge is 0.462 e. The Kier molecular flexibility index (Phi) is 64.4. The Hall–Kier alpha value is -4.97. The van der Waals surface area contributed by atoms with Gasteiger partial charge in [0.15, 0.2) is 6.10 Å². The zero-order valence-corrected chi connectivity index (χ0v) is 52.9. The molecule has 462 valence electrons. The molecule has 0 aromatic rings. The van der Waals surface area contributed by atoms with E-state index < -0.39 is 6.10 Å². The van der Waals surface area contributed by atoms with Crippen molar-refractivity contribution in [1.82, 2.24) is 0 Å². The predicted molar refractivity (Wildman–Crippen MR) is 357 cm³/mol. The average Bonchev–Trinajstić information content (AvgIpc) is 3.48. The van der Waals surface area contributed by atoms with Crippen LogP contribution in [0, 0.1) is 0 Å². The third-order valence-electron chi connectivity index (χ3n) is 13.7. The lowest BCUT2D eigenvalue weighted by Crippen LogP contribution is -2.30. The van der Waals surface area contributed by atoms with Gasteiger partial charge >= 0.3 is 17.9 Å². The first-order chi connectivity index (χ1) is 40.5. The molecule has 0 saturated heterocycles. The number of hydrogen-bond donors (Lipinski definition) is 0. The number of esters is 3. The minimum Gasteiger partial charge on any atom is -0.462 e. The van der Waals surface area contributed by atoms with Gasteiger partial charge in [0.2, 0.25) is 0 Å². The Bertz CT molecular complexity index is 1830. The molecule has 0 amide bonds. The molecule has 0 N–H and O–H groups in total. The smallest absolute Gasteiger partial charge is 0.306 e. The average molecular weight is 1130 g/mol. The van der Waals surface area contributed by atoms with E-state index in [0.717, 1.165) is 173 Å². The molecule has 0 radical (unpaired) electrons. The summed E-state index contributed by atoms with van der Waals surface area (Å²) in [6.45, 7) is 6.37. The fraction of sp³-hybridized carbons (Fsp3) is 0.618. The number of rotatable bonds is 59. The molecule has 0 aromatic carbocycles. The topological polar surface area (TPSA) is 78.9 Å². The molecule has 6 nitrogen and oxygen atoms in total. The molecule has 6 heteroatoms. The Morgan fingerprint density at radius 1 is 0.256 bits per heavy atom. The van der Waals surface area contributed by atoms with E-state index in [1.807, 2.05) is 0 Å². The Balaban J connectivity index is 4.40. The summed E-state index contributed by atoms with van der Waals surface area (Å²) in [4.78, 5) is 38.4. The zero-order valence-electron chi connectivity index (χ0n) is 52.9. The van der Waals surface area contributed by atoms with Crippen molar-refractivity contribution < 1.29 is 28.6 Å². The van der Waals surface area contributed by atoms with E-state index in [1.165, 1.54) is 70.6 Å². The summed E-state index contributed by atoms with van der Waals surface area (Å²) < 4.78 is 16.9. The normalized spacial score (nSPS) is 13.2. The van der Waals surface area contributed by atoms with Crippen molar-refractivity contribution in [3.63, 3.8) is 0 Å². The maximum absolute atomic E-state index is 12.9. The third-order valence-corrected chi connectivity index (χ3v) is 13.7. The Morgan fingerprint density at radius 3 is 0.744 bits per heavy atom. The van der Waals surface area contributed by atoms with Crippen LogP contribution in [0.15, 0.2) is 158 Å². The molecular weight excluding hydrogens is 1010 g/mol. The lowest BCUT2D eigenvalue weighted by Gasteiger charge is -2.18. The quantitative estimate of drug-likeness (QED) is 0.0261. The van der Waals surface area contributed by atoms with Gasteiger partial charge in [-0.2, -0.15) is 0 Å². The van der Waals surface area contributed by atoms with Gasteiger partial charge in [0.05, 0.1) is 0 Å². The first kappa shape index (κ1) is 77.0. The van der Waals surface area contributed by atoms with Crippen LogP contribution in [0.5, 0.6) is 0 Å². The molecule has 0 aromatic heterocycles. The minimum atomic E-state index is -0.804. The second kappa shape index (κ2) is 68.5. The van der Waals surface area contributed by atoms with Crippen LogP contribution in [0.2, 0.25) is 0 Å². The molecule has 1 atom stereocenters. The molecule has 0 spiro atoms. The van der Waals surface area contributed by atoms with Gasteiger partial charge in [0.25, 0.3) is 0 Å². The standard InChI is InChI=1S/C76H122O6/c1-4-7-10-13-16-19-22-25-28-31-32-33-34-35-36-37-38-39-40-41-42-43-44-46-48-51-54-57-60-63-66-69-75(78)81-72-73(71-80-74(77)68-65-62-59-56-53-50-47-30-27-24-21-18-15-12-9-6-3)82-76(79)70-67-64-61-58-55-52-49-45-29-26-23-20-17-14-11-8-5-2/h7-8,10-11,16-17,19-21,24-26,28-30,32-33,35-36,38-39,41-42,44,46-47,73H,4-6,9,12-15,18,22-23,27,31,34,37,40,43,45,48-72H2,1-3H3/b10-7-,11-8-,19-16-,20-17-,24-21-,28-25-,29-26-,33-32-,36-35-,39-38-,42-41-,46-44-,47-30-. The molecule has 0 aliphatic rings. The summed E-state index contributed by atoms with van der Waals surface area (Å²) in [5.41, 5.74) is 0. The third kappa shape index (κ3) is 65.8. The number of unbranched alkanes of at least 4 members (excludes halogenated alkanes) is 22. The lowest BCUT2D eigenvalue weighted by molar-refractivity contribution is -0.167. The van der Waals surface area contributed by atoms with Crippen LogP contribution in [0.3, 0.4) is 0 Å². The van der Waals surface area contributed by atoms with Gasteiger partial charge in [-0.1, -0.05) is 275 Å². The second-order valence-corrected chi connectivity index (χ2v) is 21.6. The van der Waals surface area contributed by atoms with Crippen molar-refractivity contribution in [3.8, 4) is 0 Å². The number of carbonyl (C=O) groups is 3. The van der Waals surface area contributed by atoms with Crippen LogP contribution in [-0.4, -0.2) is 37.2 Å². The van der Waals surface area contributed by atoms with Crippen molar-refractivity contribution in [3.05, 3.63) is 158 Å². The van der Waals surface area contributed by atoms with E-state index in [2.05, 4.69) is 179 Å². The molecule has 0 fully saturated rings. The van der Waals surface area contributed by atoms with Crippen molar-refractivity contribution in [2.75, 3.05) is 13.2 Å². The summed E-state index contributed by atoms with van der Waals surface area (Å²) in [5, 5.41) is 0. The van der Waals surface area contributed by atoms with Crippen molar-refractivity contribution in [1.29, 1.82) is 0 Å². The van der Waals surface area contributed by atoms with Crippen LogP contribution in [0.4, 0.5) is 0 Å². The number of allylic oxidation sites excluding steroid dienone is 26. The van der Waals surface area contributed by atoms with Crippen molar-refractivity contribution in [2.45, 2.75) is 290 Å². The summed E-state index contributed by atoms with van der Waals surface area (Å²) in [5.74, 6) is -0.937. The molecule has 0 bridgehead atoms. The molecule has 0 saturated carbocycles. The monoisotopic (exact) mass is 1130 g/mol. The molecular formula is C76H122O6. The van der Waals surface area contributed by atoms with E-state index in [4.69, 9.17) is 14.2 Å². The summed E-state index contributed by atoms with van der Waals surface area (Å²) in [6, 6.07) is 0. The van der Waals surface area contributed by atoms with Crippen LogP contribution >= 0.6 is 0 Å². The zero-order chi connectivity index (χ0) is 59.2. The molecule has 0 aliphatic carbocycles. The molecule has 1 unspecified atom stereocenters. The summed E-state index contributed by atoms with van der Waals surface area (Å²) in [6.07, 6.45) is 99.6. The maximum Gasteiger partial charge on any atom is 0.306 e. The van der Waals surface area contributed by atoms with Gasteiger partial charge in [-0.25, -0.2) is 0 Å². The van der Waals surface area contributed by atoms with Gasteiger partial charge < -0.3 is 14.2 Å². The predicted octanol–water partition coefficient (Wildman–Crippen LogP) is 23.3. The maximum atomic E-state index is 12.9. The van der Waals surface area contributed by atoms with Crippen LogP contribution < -0.4 is 0 Å². The SMILES string of the molecule is CC/C=C\C/C=C\C/C=C\C/C=C\C/C=C\C/C=C\C/C=C\C/C=C\CCCCCCCCC(=O)OCC(COC(=O)CCCCCCC/C=C\C/C=C\CCCCCC)OC(=O)CCCCCCCCC/C=C\C/C=C\C/C=C\CC. The van der Waals surface area contributed by atoms with Gasteiger partial charge in [-0.15, -0.1) is 0 Å². The van der Waals surface area contributed by atoms with Gasteiger partial charge in [0, 0.05) is 19.3 Å². The van der Waals surface area contributed by atoms with E-state index >= 15 is 0 Å².